The predicted octanol–water partition coefficient (Wildman–Crippen LogP) is 1.93. The summed E-state index contributed by atoms with van der Waals surface area (Å²) in [5.74, 6) is 0. The van der Waals surface area contributed by atoms with Crippen molar-refractivity contribution in [2.75, 3.05) is 7.05 Å². The van der Waals surface area contributed by atoms with Crippen molar-refractivity contribution in [3.8, 4) is 0 Å². The Kier molecular flexibility index (Phi) is 3.94. The Bertz CT molecular complexity index is 299. The lowest BCUT2D eigenvalue weighted by Crippen LogP contribution is -2.20. The third kappa shape index (κ3) is 4.06. The Labute approximate surface area is 92.1 Å². The first-order valence-corrected chi connectivity index (χ1v) is 5.48. The zero-order valence-corrected chi connectivity index (χ0v) is 10.1. The molecule has 1 atom stereocenters. The van der Waals surface area contributed by atoms with Crippen molar-refractivity contribution in [2.45, 2.75) is 45.4 Å². The van der Waals surface area contributed by atoms with Gasteiger partial charge in [0.05, 0.1) is 5.60 Å². The lowest BCUT2D eigenvalue weighted by Gasteiger charge is -2.17. The summed E-state index contributed by atoms with van der Waals surface area (Å²) in [6.07, 6.45) is 4.97. The van der Waals surface area contributed by atoms with Crippen molar-refractivity contribution in [1.82, 2.24) is 9.88 Å². The number of aliphatic hydroxyl groups is 1. The molecule has 0 radical (unpaired) electrons. The fraction of sp³-hybridized carbons (Fsp3) is 0.667. The van der Waals surface area contributed by atoms with Crippen LogP contribution in [0, 0.1) is 0 Å². The highest BCUT2D eigenvalue weighted by molar-refractivity contribution is 5.14. The molecule has 86 valence electrons. The summed E-state index contributed by atoms with van der Waals surface area (Å²) in [5, 5.41) is 12.8. The summed E-state index contributed by atoms with van der Waals surface area (Å²) in [4.78, 5) is 0. The van der Waals surface area contributed by atoms with E-state index in [2.05, 4.69) is 35.3 Å². The topological polar surface area (TPSA) is 37.2 Å². The summed E-state index contributed by atoms with van der Waals surface area (Å²) in [6, 6.07) is 2.50. The summed E-state index contributed by atoms with van der Waals surface area (Å²) in [5.41, 5.74) is 0.701. The zero-order chi connectivity index (χ0) is 11.5. The molecule has 2 N–H and O–H groups in total. The van der Waals surface area contributed by atoms with Gasteiger partial charge in [-0.25, -0.2) is 0 Å². The van der Waals surface area contributed by atoms with Crippen molar-refractivity contribution in [3.63, 3.8) is 0 Å². The van der Waals surface area contributed by atoms with Crippen LogP contribution in [0.5, 0.6) is 0 Å². The summed E-state index contributed by atoms with van der Waals surface area (Å²) in [6.45, 7) is 6.68. The minimum atomic E-state index is -0.584. The van der Waals surface area contributed by atoms with Gasteiger partial charge in [0, 0.05) is 25.0 Å². The molecule has 0 saturated heterocycles. The summed E-state index contributed by atoms with van der Waals surface area (Å²) < 4.78 is 2.13. The van der Waals surface area contributed by atoms with E-state index in [1.54, 1.807) is 0 Å². The van der Waals surface area contributed by atoms with E-state index in [9.17, 15) is 5.11 Å². The average Bonchev–Trinajstić information content (AvgIpc) is 2.61. The Balaban J connectivity index is 2.53. The molecular formula is C12H22N2O. The van der Waals surface area contributed by atoms with E-state index in [1.165, 1.54) is 5.56 Å². The van der Waals surface area contributed by atoms with Crippen LogP contribution in [0.4, 0.5) is 0 Å². The van der Waals surface area contributed by atoms with Gasteiger partial charge in [0.25, 0.3) is 0 Å². The fourth-order valence-electron chi connectivity index (χ4n) is 1.42. The quantitative estimate of drug-likeness (QED) is 0.779. The van der Waals surface area contributed by atoms with Crippen LogP contribution < -0.4 is 5.32 Å². The predicted molar refractivity (Wildman–Crippen MR) is 62.8 cm³/mol. The number of hydrogen-bond donors (Lipinski definition) is 2. The molecule has 15 heavy (non-hydrogen) atoms. The monoisotopic (exact) mass is 210 g/mol. The number of rotatable bonds is 5. The van der Waals surface area contributed by atoms with E-state index in [1.807, 2.05) is 20.9 Å². The molecule has 0 bridgehead atoms. The second-order valence-corrected chi connectivity index (χ2v) is 4.76. The van der Waals surface area contributed by atoms with Crippen LogP contribution in [-0.2, 0) is 6.54 Å². The molecule has 3 nitrogen and oxygen atoms in total. The maximum Gasteiger partial charge on any atom is 0.0608 e. The first-order valence-electron chi connectivity index (χ1n) is 5.48. The van der Waals surface area contributed by atoms with Gasteiger partial charge < -0.3 is 15.0 Å². The van der Waals surface area contributed by atoms with Crippen LogP contribution in [0.15, 0.2) is 18.5 Å². The molecule has 0 saturated carbocycles. The molecule has 0 amide bonds. The van der Waals surface area contributed by atoms with Gasteiger partial charge in [-0.05, 0) is 45.9 Å². The van der Waals surface area contributed by atoms with Crippen LogP contribution in [0.2, 0.25) is 0 Å². The third-order valence-corrected chi connectivity index (χ3v) is 2.69. The van der Waals surface area contributed by atoms with Crippen LogP contribution in [0.3, 0.4) is 0 Å². The number of hydrogen-bond acceptors (Lipinski definition) is 2. The molecular weight excluding hydrogens is 188 g/mol. The summed E-state index contributed by atoms with van der Waals surface area (Å²) >= 11 is 0. The fourth-order valence-corrected chi connectivity index (χ4v) is 1.42. The van der Waals surface area contributed by atoms with E-state index >= 15 is 0 Å². The SMILES string of the molecule is CNC(C)c1ccn(CCC(C)(C)O)c1. The minimum Gasteiger partial charge on any atom is -0.390 e. The van der Waals surface area contributed by atoms with Crippen LogP contribution in [0.1, 0.15) is 38.8 Å². The molecule has 0 aliphatic rings. The van der Waals surface area contributed by atoms with Gasteiger partial charge in [0.2, 0.25) is 0 Å². The molecule has 0 aromatic carbocycles. The van der Waals surface area contributed by atoms with E-state index in [4.69, 9.17) is 0 Å². The molecule has 0 aliphatic heterocycles. The van der Waals surface area contributed by atoms with E-state index in [-0.39, 0.29) is 0 Å². The van der Waals surface area contributed by atoms with Crippen LogP contribution in [-0.4, -0.2) is 22.3 Å². The molecule has 3 heteroatoms. The number of aryl methyl sites for hydroxylation is 1. The van der Waals surface area contributed by atoms with Gasteiger partial charge in [-0.1, -0.05) is 0 Å². The molecule has 1 aromatic heterocycles. The molecule has 1 heterocycles. The third-order valence-electron chi connectivity index (χ3n) is 2.69. The highest BCUT2D eigenvalue weighted by Gasteiger charge is 2.12. The number of nitrogens with zero attached hydrogens (tertiary/aromatic N) is 1. The smallest absolute Gasteiger partial charge is 0.0608 e. The highest BCUT2D eigenvalue weighted by Crippen LogP contribution is 2.14. The largest absolute Gasteiger partial charge is 0.390 e. The normalized spacial score (nSPS) is 14.2. The number of aromatic nitrogens is 1. The second kappa shape index (κ2) is 4.81. The van der Waals surface area contributed by atoms with Crippen molar-refractivity contribution < 1.29 is 5.11 Å². The average molecular weight is 210 g/mol. The molecule has 0 aliphatic carbocycles. The first kappa shape index (κ1) is 12.3. The summed E-state index contributed by atoms with van der Waals surface area (Å²) in [7, 11) is 1.96. The maximum absolute atomic E-state index is 9.62. The lowest BCUT2D eigenvalue weighted by atomic mass is 10.1. The van der Waals surface area contributed by atoms with Gasteiger partial charge in [-0.15, -0.1) is 0 Å². The van der Waals surface area contributed by atoms with Gasteiger partial charge in [-0.2, -0.15) is 0 Å². The lowest BCUT2D eigenvalue weighted by molar-refractivity contribution is 0.0662. The van der Waals surface area contributed by atoms with Crippen molar-refractivity contribution in [1.29, 1.82) is 0 Å². The van der Waals surface area contributed by atoms with Crippen molar-refractivity contribution in [2.24, 2.45) is 0 Å². The highest BCUT2D eigenvalue weighted by atomic mass is 16.3. The first-order chi connectivity index (χ1) is 6.92. The Morgan fingerprint density at radius 2 is 2.20 bits per heavy atom. The standard InChI is InChI=1S/C12H22N2O/c1-10(13-4)11-5-7-14(9-11)8-6-12(2,3)15/h5,7,9-10,13,15H,6,8H2,1-4H3. The van der Waals surface area contributed by atoms with Crippen LogP contribution >= 0.6 is 0 Å². The number of nitrogens with one attached hydrogen (secondary N) is 1. The Hall–Kier alpha value is -0.800. The minimum absolute atomic E-state index is 0.383. The van der Waals surface area contributed by atoms with E-state index in [0.29, 0.717) is 6.04 Å². The van der Waals surface area contributed by atoms with Gasteiger partial charge in [-0.3, -0.25) is 0 Å². The molecule has 1 rings (SSSR count). The zero-order valence-electron chi connectivity index (χ0n) is 10.1. The van der Waals surface area contributed by atoms with Crippen molar-refractivity contribution in [3.05, 3.63) is 24.0 Å². The second-order valence-electron chi connectivity index (χ2n) is 4.76. The van der Waals surface area contributed by atoms with Gasteiger partial charge in [0.1, 0.15) is 0 Å². The Morgan fingerprint density at radius 3 is 2.73 bits per heavy atom. The van der Waals surface area contributed by atoms with Crippen molar-refractivity contribution >= 4 is 0 Å². The molecule has 1 unspecified atom stereocenters. The maximum atomic E-state index is 9.62. The van der Waals surface area contributed by atoms with Crippen LogP contribution in [0.25, 0.3) is 0 Å². The molecule has 0 spiro atoms. The van der Waals surface area contributed by atoms with Gasteiger partial charge in [0.15, 0.2) is 0 Å². The molecule has 1 aromatic rings. The molecule has 0 fully saturated rings. The van der Waals surface area contributed by atoms with Gasteiger partial charge >= 0.3 is 0 Å². The Morgan fingerprint density at radius 1 is 1.53 bits per heavy atom. The van der Waals surface area contributed by atoms with E-state index < -0.39 is 5.60 Å². The van der Waals surface area contributed by atoms with E-state index in [0.717, 1.165) is 13.0 Å².